The Morgan fingerprint density at radius 2 is 2.20 bits per heavy atom. The van der Waals surface area contributed by atoms with Gasteiger partial charge in [0.1, 0.15) is 0 Å². The third kappa shape index (κ3) is 3.87. The second-order valence-electron chi connectivity index (χ2n) is 5.46. The average molecular weight is 297 g/mol. The number of nitrogens with zero attached hydrogens (tertiary/aromatic N) is 1. The van der Waals surface area contributed by atoms with Crippen molar-refractivity contribution in [2.24, 2.45) is 0 Å². The van der Waals surface area contributed by atoms with Crippen molar-refractivity contribution in [2.75, 3.05) is 24.6 Å². The third-order valence-electron chi connectivity index (χ3n) is 3.93. The van der Waals surface area contributed by atoms with E-state index in [2.05, 4.69) is 29.3 Å². The number of hydrogen-bond acceptors (Lipinski definition) is 3. The zero-order chi connectivity index (χ0) is 14.4. The SMILES string of the molecule is CCCNCc1ccc(N(CCO)C2CCC2)c(Cl)c1. The molecule has 1 aliphatic carbocycles. The van der Waals surface area contributed by atoms with Gasteiger partial charge < -0.3 is 15.3 Å². The summed E-state index contributed by atoms with van der Waals surface area (Å²) < 4.78 is 0. The molecule has 20 heavy (non-hydrogen) atoms. The van der Waals surface area contributed by atoms with Crippen molar-refractivity contribution in [2.45, 2.75) is 45.2 Å². The van der Waals surface area contributed by atoms with Crippen molar-refractivity contribution in [1.82, 2.24) is 5.32 Å². The van der Waals surface area contributed by atoms with Gasteiger partial charge in [0.25, 0.3) is 0 Å². The molecule has 1 fully saturated rings. The quantitative estimate of drug-likeness (QED) is 0.723. The van der Waals surface area contributed by atoms with Crippen LogP contribution in [-0.2, 0) is 6.54 Å². The molecule has 3 nitrogen and oxygen atoms in total. The van der Waals surface area contributed by atoms with Gasteiger partial charge in [-0.1, -0.05) is 24.6 Å². The van der Waals surface area contributed by atoms with Crippen LogP contribution in [0.25, 0.3) is 0 Å². The Hall–Kier alpha value is -0.770. The van der Waals surface area contributed by atoms with Gasteiger partial charge in [-0.25, -0.2) is 0 Å². The summed E-state index contributed by atoms with van der Waals surface area (Å²) in [6, 6.07) is 6.82. The van der Waals surface area contributed by atoms with Crippen LogP contribution in [0.4, 0.5) is 5.69 Å². The molecular weight excluding hydrogens is 272 g/mol. The summed E-state index contributed by atoms with van der Waals surface area (Å²) in [7, 11) is 0. The molecular formula is C16H25ClN2O. The van der Waals surface area contributed by atoms with Crippen LogP contribution in [0.2, 0.25) is 5.02 Å². The predicted molar refractivity (Wildman–Crippen MR) is 85.5 cm³/mol. The molecule has 4 heteroatoms. The van der Waals surface area contributed by atoms with Crippen LogP contribution in [0.5, 0.6) is 0 Å². The molecule has 1 saturated carbocycles. The molecule has 1 aromatic rings. The van der Waals surface area contributed by atoms with Gasteiger partial charge in [0.05, 0.1) is 17.3 Å². The first-order chi connectivity index (χ1) is 9.76. The van der Waals surface area contributed by atoms with Crippen molar-refractivity contribution in [3.63, 3.8) is 0 Å². The predicted octanol–water partition coefficient (Wildman–Crippen LogP) is 3.19. The fourth-order valence-electron chi connectivity index (χ4n) is 2.61. The molecule has 2 rings (SSSR count). The molecule has 0 heterocycles. The lowest BCUT2D eigenvalue weighted by atomic mass is 9.91. The van der Waals surface area contributed by atoms with Crippen LogP contribution in [0.3, 0.4) is 0 Å². The third-order valence-corrected chi connectivity index (χ3v) is 4.24. The van der Waals surface area contributed by atoms with Gasteiger partial charge in [-0.15, -0.1) is 0 Å². The van der Waals surface area contributed by atoms with E-state index in [1.54, 1.807) is 0 Å². The van der Waals surface area contributed by atoms with Crippen LogP contribution in [0, 0.1) is 0 Å². The molecule has 0 bridgehead atoms. The van der Waals surface area contributed by atoms with Crippen molar-refractivity contribution in [1.29, 1.82) is 0 Å². The fraction of sp³-hybridized carbons (Fsp3) is 0.625. The highest BCUT2D eigenvalue weighted by molar-refractivity contribution is 6.33. The molecule has 0 spiro atoms. The summed E-state index contributed by atoms with van der Waals surface area (Å²) in [5.74, 6) is 0. The maximum absolute atomic E-state index is 9.26. The largest absolute Gasteiger partial charge is 0.395 e. The standard InChI is InChI=1S/C16H25ClN2O/c1-2-8-18-12-13-6-7-16(15(17)11-13)19(9-10-20)14-4-3-5-14/h6-7,11,14,18,20H,2-5,8-10,12H2,1H3. The minimum absolute atomic E-state index is 0.173. The van der Waals surface area contributed by atoms with Gasteiger partial charge in [-0.05, 0) is 49.9 Å². The van der Waals surface area contributed by atoms with Crippen molar-refractivity contribution < 1.29 is 5.11 Å². The van der Waals surface area contributed by atoms with Gasteiger partial charge in [0.15, 0.2) is 0 Å². The van der Waals surface area contributed by atoms with Crippen molar-refractivity contribution in [3.05, 3.63) is 28.8 Å². The Kier molecular flexibility index (Phi) is 6.14. The second-order valence-corrected chi connectivity index (χ2v) is 5.87. The molecule has 0 radical (unpaired) electrons. The van der Waals surface area contributed by atoms with E-state index in [0.29, 0.717) is 12.6 Å². The van der Waals surface area contributed by atoms with Gasteiger partial charge in [-0.2, -0.15) is 0 Å². The van der Waals surface area contributed by atoms with E-state index in [4.69, 9.17) is 11.6 Å². The Labute approximate surface area is 126 Å². The number of benzene rings is 1. The van der Waals surface area contributed by atoms with Crippen molar-refractivity contribution >= 4 is 17.3 Å². The molecule has 0 aliphatic heterocycles. The Morgan fingerprint density at radius 1 is 1.40 bits per heavy atom. The summed E-state index contributed by atoms with van der Waals surface area (Å²) in [6.07, 6.45) is 4.83. The Morgan fingerprint density at radius 3 is 2.75 bits per heavy atom. The molecule has 1 aromatic carbocycles. The molecule has 0 atom stereocenters. The minimum atomic E-state index is 0.173. The first-order valence-corrected chi connectivity index (χ1v) is 8.00. The van der Waals surface area contributed by atoms with Gasteiger partial charge >= 0.3 is 0 Å². The molecule has 0 saturated heterocycles. The van der Waals surface area contributed by atoms with E-state index in [-0.39, 0.29) is 6.61 Å². The van der Waals surface area contributed by atoms with Crippen LogP contribution in [-0.4, -0.2) is 30.8 Å². The number of anilines is 1. The highest BCUT2D eigenvalue weighted by Gasteiger charge is 2.26. The summed E-state index contributed by atoms with van der Waals surface area (Å²) in [5, 5.41) is 13.4. The number of hydrogen-bond donors (Lipinski definition) is 2. The summed E-state index contributed by atoms with van der Waals surface area (Å²) in [5.41, 5.74) is 2.27. The number of halogens is 1. The Balaban J connectivity index is 2.06. The number of aliphatic hydroxyl groups is 1. The topological polar surface area (TPSA) is 35.5 Å². The fourth-order valence-corrected chi connectivity index (χ4v) is 2.92. The molecule has 0 unspecified atom stereocenters. The average Bonchev–Trinajstić information content (AvgIpc) is 2.37. The summed E-state index contributed by atoms with van der Waals surface area (Å²) in [4.78, 5) is 2.26. The maximum Gasteiger partial charge on any atom is 0.0642 e. The number of rotatable bonds is 8. The molecule has 1 aliphatic rings. The van der Waals surface area contributed by atoms with E-state index in [1.165, 1.54) is 24.8 Å². The molecule has 0 amide bonds. The van der Waals surface area contributed by atoms with Crippen LogP contribution >= 0.6 is 11.6 Å². The minimum Gasteiger partial charge on any atom is -0.395 e. The van der Waals surface area contributed by atoms with Crippen LogP contribution in [0.15, 0.2) is 18.2 Å². The zero-order valence-electron chi connectivity index (χ0n) is 12.2. The lowest BCUT2D eigenvalue weighted by Crippen LogP contribution is -2.42. The lowest BCUT2D eigenvalue weighted by molar-refractivity contribution is 0.283. The lowest BCUT2D eigenvalue weighted by Gasteiger charge is -2.39. The molecule has 2 N–H and O–H groups in total. The van der Waals surface area contributed by atoms with E-state index in [1.807, 2.05) is 6.07 Å². The summed E-state index contributed by atoms with van der Waals surface area (Å²) in [6.45, 7) is 4.88. The zero-order valence-corrected chi connectivity index (χ0v) is 13.0. The second kappa shape index (κ2) is 7.87. The van der Waals surface area contributed by atoms with E-state index >= 15 is 0 Å². The number of nitrogens with one attached hydrogen (secondary N) is 1. The smallest absolute Gasteiger partial charge is 0.0642 e. The van der Waals surface area contributed by atoms with E-state index in [0.717, 1.165) is 30.2 Å². The van der Waals surface area contributed by atoms with E-state index in [9.17, 15) is 5.11 Å². The van der Waals surface area contributed by atoms with Gasteiger partial charge in [-0.3, -0.25) is 0 Å². The first-order valence-electron chi connectivity index (χ1n) is 7.63. The van der Waals surface area contributed by atoms with E-state index < -0.39 is 0 Å². The summed E-state index contributed by atoms with van der Waals surface area (Å²) >= 11 is 6.45. The highest BCUT2D eigenvalue weighted by atomic mass is 35.5. The van der Waals surface area contributed by atoms with Gasteiger partial charge in [0, 0.05) is 19.1 Å². The van der Waals surface area contributed by atoms with Crippen molar-refractivity contribution in [3.8, 4) is 0 Å². The monoisotopic (exact) mass is 296 g/mol. The molecule has 112 valence electrons. The Bertz CT molecular complexity index is 421. The normalized spacial score (nSPS) is 15.2. The van der Waals surface area contributed by atoms with Gasteiger partial charge in [0.2, 0.25) is 0 Å². The molecule has 0 aromatic heterocycles. The van der Waals surface area contributed by atoms with Crippen LogP contribution in [0.1, 0.15) is 38.2 Å². The number of aliphatic hydroxyl groups excluding tert-OH is 1. The maximum atomic E-state index is 9.26. The van der Waals surface area contributed by atoms with Crippen LogP contribution < -0.4 is 10.2 Å². The first kappa shape index (κ1) is 15.6. The highest BCUT2D eigenvalue weighted by Crippen LogP contribution is 2.34.